The summed E-state index contributed by atoms with van der Waals surface area (Å²) in [7, 11) is 0. The lowest BCUT2D eigenvalue weighted by Crippen LogP contribution is -2.56. The third-order valence-corrected chi connectivity index (χ3v) is 3.02. The molecule has 1 N–H and O–H groups in total. The zero-order chi connectivity index (χ0) is 9.31. The van der Waals surface area contributed by atoms with Crippen LogP contribution in [0.5, 0.6) is 0 Å². The van der Waals surface area contributed by atoms with E-state index in [2.05, 4.69) is 5.32 Å². The van der Waals surface area contributed by atoms with Gasteiger partial charge in [-0.05, 0) is 38.9 Å². The number of halogens is 4. The molecule has 2 rings (SSSR count). The van der Waals surface area contributed by atoms with Crippen molar-refractivity contribution in [2.24, 2.45) is 0 Å². The lowest BCUT2D eigenvalue weighted by molar-refractivity contribution is -0.0897. The molecule has 2 aliphatic heterocycles. The minimum atomic E-state index is -2.53. The molecule has 1 atom stereocenters. The summed E-state index contributed by atoms with van der Waals surface area (Å²) in [6.07, 6.45) is 2.76. The molecule has 0 bridgehead atoms. The van der Waals surface area contributed by atoms with Crippen LogP contribution >= 0.6 is 24.8 Å². The molecule has 2 fully saturated rings. The van der Waals surface area contributed by atoms with Gasteiger partial charge in [-0.1, -0.05) is 0 Å². The Hall–Kier alpha value is 0.360. The highest BCUT2D eigenvalue weighted by molar-refractivity contribution is 5.85. The highest BCUT2D eigenvalue weighted by Gasteiger charge is 2.45. The molecule has 2 aliphatic rings. The number of likely N-dealkylation sites (tertiary alicyclic amines) is 1. The van der Waals surface area contributed by atoms with Crippen molar-refractivity contribution in [3.63, 3.8) is 0 Å². The average molecular weight is 263 g/mol. The maximum absolute atomic E-state index is 13.4. The van der Waals surface area contributed by atoms with E-state index >= 15 is 0 Å². The molecule has 0 aromatic rings. The van der Waals surface area contributed by atoms with Gasteiger partial charge in [0.1, 0.15) is 0 Å². The number of hydrogen-bond donors (Lipinski definition) is 1. The van der Waals surface area contributed by atoms with E-state index in [4.69, 9.17) is 0 Å². The van der Waals surface area contributed by atoms with E-state index in [9.17, 15) is 8.78 Å². The number of hydrogen-bond acceptors (Lipinski definition) is 2. The Labute approximate surface area is 102 Å². The average Bonchev–Trinajstić information content (AvgIpc) is 2.55. The molecular weight excluding hydrogens is 245 g/mol. The van der Waals surface area contributed by atoms with Crippen molar-refractivity contribution in [3.8, 4) is 0 Å². The number of alkyl halides is 2. The Morgan fingerprint density at radius 2 is 1.73 bits per heavy atom. The van der Waals surface area contributed by atoms with E-state index in [1.165, 1.54) is 0 Å². The third-order valence-electron chi connectivity index (χ3n) is 3.02. The normalized spacial score (nSPS) is 30.4. The molecule has 15 heavy (non-hydrogen) atoms. The topological polar surface area (TPSA) is 15.3 Å². The first-order chi connectivity index (χ1) is 6.20. The zero-order valence-corrected chi connectivity index (χ0v) is 10.2. The molecule has 0 spiro atoms. The largest absolute Gasteiger partial charge is 0.311 e. The van der Waals surface area contributed by atoms with Crippen LogP contribution in [0.2, 0.25) is 0 Å². The van der Waals surface area contributed by atoms with E-state index in [1.807, 2.05) is 4.90 Å². The predicted molar refractivity (Wildman–Crippen MR) is 61.5 cm³/mol. The fraction of sp³-hybridized carbons (Fsp3) is 1.00. The fourth-order valence-electron chi connectivity index (χ4n) is 2.33. The van der Waals surface area contributed by atoms with Gasteiger partial charge in [-0.2, -0.15) is 0 Å². The Morgan fingerprint density at radius 1 is 1.13 bits per heavy atom. The van der Waals surface area contributed by atoms with Crippen molar-refractivity contribution in [1.82, 2.24) is 10.2 Å². The summed E-state index contributed by atoms with van der Waals surface area (Å²) in [6, 6.07) is -0.503. The van der Waals surface area contributed by atoms with Crippen LogP contribution < -0.4 is 5.32 Å². The molecule has 2 saturated heterocycles. The van der Waals surface area contributed by atoms with Crippen LogP contribution in [0.15, 0.2) is 0 Å². The van der Waals surface area contributed by atoms with E-state index in [0.717, 1.165) is 32.5 Å². The summed E-state index contributed by atoms with van der Waals surface area (Å²) in [5.41, 5.74) is 0. The van der Waals surface area contributed by atoms with Gasteiger partial charge < -0.3 is 5.32 Å². The predicted octanol–water partition coefficient (Wildman–Crippen LogP) is 1.92. The van der Waals surface area contributed by atoms with Crippen LogP contribution in [0, 0.1) is 0 Å². The highest BCUT2D eigenvalue weighted by atomic mass is 35.5. The molecule has 0 amide bonds. The standard InChI is InChI=1S/C9H16F2N2.2ClH/c10-9(11)7-12-4-3-8(9)13-5-1-2-6-13;;/h8,12H,1-7H2;2*1H. The molecule has 0 aromatic heterocycles. The number of nitrogens with one attached hydrogen (secondary N) is 1. The second kappa shape index (κ2) is 6.18. The smallest absolute Gasteiger partial charge is 0.275 e. The Kier molecular flexibility index (Phi) is 6.33. The van der Waals surface area contributed by atoms with Gasteiger partial charge in [-0.3, -0.25) is 4.90 Å². The first-order valence-corrected chi connectivity index (χ1v) is 5.03. The summed E-state index contributed by atoms with van der Waals surface area (Å²) in [5, 5.41) is 2.75. The van der Waals surface area contributed by atoms with Crippen LogP contribution in [0.25, 0.3) is 0 Å². The number of rotatable bonds is 1. The van der Waals surface area contributed by atoms with Crippen LogP contribution in [-0.2, 0) is 0 Å². The summed E-state index contributed by atoms with van der Waals surface area (Å²) in [6.45, 7) is 2.31. The SMILES string of the molecule is Cl.Cl.FC1(F)CNCCC1N1CCCC1. The second-order valence-corrected chi connectivity index (χ2v) is 3.99. The van der Waals surface area contributed by atoms with Crippen molar-refractivity contribution in [1.29, 1.82) is 0 Å². The van der Waals surface area contributed by atoms with E-state index in [0.29, 0.717) is 6.42 Å². The quantitative estimate of drug-likeness (QED) is 0.777. The van der Waals surface area contributed by atoms with Crippen LogP contribution in [0.3, 0.4) is 0 Å². The van der Waals surface area contributed by atoms with Gasteiger partial charge >= 0.3 is 0 Å². The molecule has 0 aliphatic carbocycles. The minimum absolute atomic E-state index is 0. The van der Waals surface area contributed by atoms with E-state index < -0.39 is 12.0 Å². The van der Waals surface area contributed by atoms with Crippen LogP contribution in [0.4, 0.5) is 8.78 Å². The second-order valence-electron chi connectivity index (χ2n) is 3.99. The summed E-state index contributed by atoms with van der Waals surface area (Å²) in [4.78, 5) is 1.96. The minimum Gasteiger partial charge on any atom is -0.311 e. The summed E-state index contributed by atoms with van der Waals surface area (Å²) < 4.78 is 26.8. The van der Waals surface area contributed by atoms with Crippen LogP contribution in [-0.4, -0.2) is 43.0 Å². The zero-order valence-electron chi connectivity index (χ0n) is 8.55. The molecule has 92 valence electrons. The van der Waals surface area contributed by atoms with Gasteiger partial charge in [-0.25, -0.2) is 8.78 Å². The Bertz CT molecular complexity index is 187. The van der Waals surface area contributed by atoms with Gasteiger partial charge in [0.2, 0.25) is 0 Å². The lowest BCUT2D eigenvalue weighted by atomic mass is 10.0. The molecule has 0 saturated carbocycles. The molecule has 1 unspecified atom stereocenters. The fourth-order valence-corrected chi connectivity index (χ4v) is 2.33. The van der Waals surface area contributed by atoms with Crippen molar-refractivity contribution >= 4 is 24.8 Å². The van der Waals surface area contributed by atoms with Crippen molar-refractivity contribution in [2.45, 2.75) is 31.2 Å². The van der Waals surface area contributed by atoms with E-state index in [1.54, 1.807) is 0 Å². The molecule has 2 nitrogen and oxygen atoms in total. The maximum atomic E-state index is 13.4. The van der Waals surface area contributed by atoms with Gasteiger partial charge in [0, 0.05) is 0 Å². The van der Waals surface area contributed by atoms with Crippen molar-refractivity contribution < 1.29 is 8.78 Å². The maximum Gasteiger partial charge on any atom is 0.275 e. The first-order valence-electron chi connectivity index (χ1n) is 5.03. The third kappa shape index (κ3) is 3.41. The van der Waals surface area contributed by atoms with Crippen molar-refractivity contribution in [2.75, 3.05) is 26.2 Å². The molecule has 2 heterocycles. The molecule has 6 heteroatoms. The van der Waals surface area contributed by atoms with Gasteiger partial charge in [-0.15, -0.1) is 24.8 Å². The molecule has 0 radical (unpaired) electrons. The monoisotopic (exact) mass is 262 g/mol. The van der Waals surface area contributed by atoms with Crippen molar-refractivity contribution in [3.05, 3.63) is 0 Å². The van der Waals surface area contributed by atoms with Gasteiger partial charge in [0.15, 0.2) is 0 Å². The molecular formula is C9H18Cl2F2N2. The van der Waals surface area contributed by atoms with E-state index in [-0.39, 0.29) is 31.4 Å². The van der Waals surface area contributed by atoms with Gasteiger partial charge in [0.05, 0.1) is 12.6 Å². The first kappa shape index (κ1) is 15.4. The Morgan fingerprint density at radius 3 is 2.27 bits per heavy atom. The Balaban J connectivity index is 0.000000980. The summed E-state index contributed by atoms with van der Waals surface area (Å²) >= 11 is 0. The summed E-state index contributed by atoms with van der Waals surface area (Å²) in [5.74, 6) is -2.53. The molecule has 0 aromatic carbocycles. The number of piperidine rings is 1. The number of nitrogens with zero attached hydrogens (tertiary/aromatic N) is 1. The highest BCUT2D eigenvalue weighted by Crippen LogP contribution is 2.29. The van der Waals surface area contributed by atoms with Gasteiger partial charge in [0.25, 0.3) is 5.92 Å². The van der Waals surface area contributed by atoms with Crippen LogP contribution in [0.1, 0.15) is 19.3 Å². The lowest BCUT2D eigenvalue weighted by Gasteiger charge is -2.37.